The van der Waals surface area contributed by atoms with Gasteiger partial charge in [-0.25, -0.2) is 18.3 Å². The maximum absolute atomic E-state index is 14.6. The number of aromatic nitrogens is 4. The zero-order valence-corrected chi connectivity index (χ0v) is 24.8. The van der Waals surface area contributed by atoms with E-state index in [4.69, 9.17) is 35.9 Å². The van der Waals surface area contributed by atoms with Crippen molar-refractivity contribution in [1.29, 1.82) is 0 Å². The van der Waals surface area contributed by atoms with Crippen LogP contribution in [0.3, 0.4) is 0 Å². The predicted octanol–water partition coefficient (Wildman–Crippen LogP) is 3.23. The fraction of sp³-hybridized carbons (Fsp3) is 0.520. The Hall–Kier alpha value is -3.14. The van der Waals surface area contributed by atoms with E-state index in [2.05, 4.69) is 25.4 Å². The first kappa shape index (κ1) is 31.3. The number of esters is 1. The molecule has 1 aromatic carbocycles. The lowest BCUT2D eigenvalue weighted by molar-refractivity contribution is -0.144. The number of anilines is 2. The van der Waals surface area contributed by atoms with Crippen LogP contribution in [0.5, 0.6) is 5.75 Å². The molecular formula is C25H31ClF2N7O7P. The van der Waals surface area contributed by atoms with Gasteiger partial charge in [-0.15, -0.1) is 11.6 Å². The standard InChI is InChI=1S/C25H31ClF2N7O7P/c1-3-39-21(37)13(2)34-43(38,42-15-7-5-4-6-8-15)40-11-16-18(36)25(26,22(27)28)23(41-16)35-12-30-17-19(31-14-9-10-14)32-24(29)33-20(17)35/h4-8,12-14,16,18,22-23,36H,3,9-11H2,1-2H3,(H,34,38)(H3,29,31,32,33)/t13?,16-,18-,23-,25+,43+/m1/s1. The number of carbonyl (C=O) groups is 1. The first-order valence-electron chi connectivity index (χ1n) is 13.5. The molecule has 0 spiro atoms. The minimum Gasteiger partial charge on any atom is -0.465 e. The highest BCUT2D eigenvalue weighted by molar-refractivity contribution is 7.52. The molecule has 2 aromatic heterocycles. The van der Waals surface area contributed by atoms with E-state index in [1.54, 1.807) is 25.1 Å². The van der Waals surface area contributed by atoms with Crippen molar-refractivity contribution in [2.45, 2.75) is 68.5 Å². The molecule has 0 bridgehead atoms. The Labute approximate surface area is 249 Å². The third kappa shape index (κ3) is 6.54. The maximum Gasteiger partial charge on any atom is 0.459 e. The highest BCUT2D eigenvalue weighted by Crippen LogP contribution is 2.51. The van der Waals surface area contributed by atoms with Crippen LogP contribution in [0, 0.1) is 0 Å². The Morgan fingerprint density at radius 2 is 2.05 bits per heavy atom. The molecule has 234 valence electrons. The Morgan fingerprint density at radius 1 is 1.33 bits per heavy atom. The minimum atomic E-state index is -4.40. The van der Waals surface area contributed by atoms with E-state index < -0.39 is 56.1 Å². The van der Waals surface area contributed by atoms with Crippen LogP contribution in [0.25, 0.3) is 11.2 Å². The Morgan fingerprint density at radius 3 is 2.70 bits per heavy atom. The van der Waals surface area contributed by atoms with Crippen molar-refractivity contribution in [1.82, 2.24) is 24.6 Å². The normalized spacial score (nSPS) is 25.9. The molecule has 3 heterocycles. The number of imidazole rings is 1. The van der Waals surface area contributed by atoms with Crippen LogP contribution in [-0.4, -0.2) is 79.4 Å². The molecular weight excluding hydrogens is 615 g/mol. The third-order valence-electron chi connectivity index (χ3n) is 6.80. The van der Waals surface area contributed by atoms with E-state index in [1.807, 2.05) is 0 Å². The van der Waals surface area contributed by atoms with E-state index in [-0.39, 0.29) is 35.5 Å². The molecule has 1 saturated carbocycles. The molecule has 0 amide bonds. The first-order chi connectivity index (χ1) is 20.4. The second kappa shape index (κ2) is 12.5. The largest absolute Gasteiger partial charge is 0.465 e. The van der Waals surface area contributed by atoms with Crippen LogP contribution in [0.4, 0.5) is 20.5 Å². The van der Waals surface area contributed by atoms with E-state index >= 15 is 0 Å². The summed E-state index contributed by atoms with van der Waals surface area (Å²) >= 11 is 6.43. The lowest BCUT2D eigenvalue weighted by atomic mass is 9.99. The summed E-state index contributed by atoms with van der Waals surface area (Å²) in [5.41, 5.74) is 6.17. The van der Waals surface area contributed by atoms with Gasteiger partial charge >= 0.3 is 13.7 Å². The molecule has 1 saturated heterocycles. The molecule has 2 aliphatic rings. The Kier molecular flexibility index (Phi) is 9.07. The summed E-state index contributed by atoms with van der Waals surface area (Å²) in [6.07, 6.45) is -5.57. The molecule has 2 fully saturated rings. The predicted molar refractivity (Wildman–Crippen MR) is 151 cm³/mol. The number of nitrogens with zero attached hydrogens (tertiary/aromatic N) is 4. The van der Waals surface area contributed by atoms with Crippen molar-refractivity contribution < 1.29 is 41.8 Å². The number of ether oxygens (including phenoxy) is 2. The SMILES string of the molecule is CCOC(=O)C(C)N[P@](=O)(OC[C@H]1O[C@@H](n2cnc3c(NC4CC4)nc(N)nc32)[C@@](Cl)(C(F)F)[C@@H]1O)Oc1ccccc1. The molecule has 5 rings (SSSR count). The number of para-hydroxylation sites is 1. The summed E-state index contributed by atoms with van der Waals surface area (Å²) in [6.45, 7) is 2.32. The van der Waals surface area contributed by atoms with Gasteiger partial charge < -0.3 is 30.2 Å². The molecule has 5 N–H and O–H groups in total. The van der Waals surface area contributed by atoms with Crippen molar-refractivity contribution in [3.05, 3.63) is 36.7 Å². The van der Waals surface area contributed by atoms with Crippen LogP contribution in [-0.2, 0) is 23.4 Å². The lowest BCUT2D eigenvalue weighted by Gasteiger charge is -2.29. The summed E-state index contributed by atoms with van der Waals surface area (Å²) in [4.78, 5) is 22.1. The molecule has 0 radical (unpaired) electrons. The Bertz CT molecular complexity index is 1500. The molecule has 18 heteroatoms. The Balaban J connectivity index is 1.41. The second-order valence-corrected chi connectivity index (χ2v) is 12.4. The zero-order valence-electron chi connectivity index (χ0n) is 23.1. The van der Waals surface area contributed by atoms with Crippen LogP contribution >= 0.6 is 19.3 Å². The minimum absolute atomic E-state index is 0.0445. The number of nitrogens with two attached hydrogens (primary N) is 1. The van der Waals surface area contributed by atoms with E-state index in [0.717, 1.165) is 17.4 Å². The van der Waals surface area contributed by atoms with Gasteiger partial charge in [-0.3, -0.25) is 13.9 Å². The molecule has 6 atom stereocenters. The van der Waals surface area contributed by atoms with E-state index in [9.17, 15) is 23.2 Å². The van der Waals surface area contributed by atoms with Gasteiger partial charge in [0.2, 0.25) is 5.95 Å². The molecule has 3 aromatic rings. The first-order valence-corrected chi connectivity index (χ1v) is 15.4. The van der Waals surface area contributed by atoms with E-state index in [1.165, 1.54) is 25.4 Å². The van der Waals surface area contributed by atoms with Crippen molar-refractivity contribution in [2.75, 3.05) is 24.3 Å². The number of hydrogen-bond acceptors (Lipinski definition) is 12. The molecule has 1 aliphatic heterocycles. The summed E-state index contributed by atoms with van der Waals surface area (Å²) in [5.74, 6) is -0.437. The van der Waals surface area contributed by atoms with Crippen LogP contribution < -0.4 is 20.7 Å². The smallest absolute Gasteiger partial charge is 0.459 e. The quantitative estimate of drug-likeness (QED) is 0.121. The third-order valence-corrected chi connectivity index (χ3v) is 9.02. The highest BCUT2D eigenvalue weighted by atomic mass is 35.5. The number of fused-ring (bicyclic) bond motifs is 1. The fourth-order valence-electron chi connectivity index (χ4n) is 4.49. The van der Waals surface area contributed by atoms with Crippen molar-refractivity contribution in [3.8, 4) is 5.75 Å². The highest BCUT2D eigenvalue weighted by Gasteiger charge is 2.62. The zero-order chi connectivity index (χ0) is 30.9. The number of aliphatic hydroxyl groups excluding tert-OH is 1. The average molecular weight is 646 g/mol. The topological polar surface area (TPSA) is 185 Å². The van der Waals surface area contributed by atoms with Crippen molar-refractivity contribution >= 4 is 48.2 Å². The van der Waals surface area contributed by atoms with Crippen molar-refractivity contribution in [2.24, 2.45) is 0 Å². The summed E-state index contributed by atoms with van der Waals surface area (Å²) in [5, 5.41) is 16.7. The number of aliphatic hydroxyl groups is 1. The van der Waals surface area contributed by atoms with Gasteiger partial charge in [0.25, 0.3) is 6.43 Å². The number of hydrogen-bond donors (Lipinski definition) is 4. The summed E-state index contributed by atoms with van der Waals surface area (Å²) in [7, 11) is -4.40. The number of benzene rings is 1. The number of nitrogen functional groups attached to an aromatic ring is 1. The van der Waals surface area contributed by atoms with Gasteiger partial charge in [-0.1, -0.05) is 18.2 Å². The van der Waals surface area contributed by atoms with Crippen LogP contribution in [0.2, 0.25) is 0 Å². The molecule has 43 heavy (non-hydrogen) atoms. The van der Waals surface area contributed by atoms with Gasteiger partial charge in [-0.2, -0.15) is 15.1 Å². The second-order valence-electron chi connectivity index (χ2n) is 10.1. The van der Waals surface area contributed by atoms with Gasteiger partial charge in [0.15, 0.2) is 28.1 Å². The van der Waals surface area contributed by atoms with Gasteiger partial charge in [-0.05, 0) is 38.8 Å². The van der Waals surface area contributed by atoms with Crippen LogP contribution in [0.15, 0.2) is 36.7 Å². The van der Waals surface area contributed by atoms with Gasteiger partial charge in [0.1, 0.15) is 24.0 Å². The van der Waals surface area contributed by atoms with E-state index in [0.29, 0.717) is 5.82 Å². The number of carbonyl (C=O) groups excluding carboxylic acids is 1. The van der Waals surface area contributed by atoms with Crippen molar-refractivity contribution in [3.63, 3.8) is 0 Å². The fourth-order valence-corrected chi connectivity index (χ4v) is 6.29. The number of nitrogens with one attached hydrogen (secondary N) is 2. The number of alkyl halides is 3. The van der Waals surface area contributed by atoms with Gasteiger partial charge in [0, 0.05) is 6.04 Å². The summed E-state index contributed by atoms with van der Waals surface area (Å²) in [6, 6.07) is 6.95. The average Bonchev–Trinajstić information content (AvgIpc) is 3.62. The van der Waals surface area contributed by atoms with Gasteiger partial charge in [0.05, 0.1) is 19.5 Å². The van der Waals surface area contributed by atoms with Crippen LogP contribution in [0.1, 0.15) is 32.9 Å². The molecule has 1 aliphatic carbocycles. The monoisotopic (exact) mass is 645 g/mol. The lowest BCUT2D eigenvalue weighted by Crippen LogP contribution is -2.48. The molecule has 1 unspecified atom stereocenters. The number of halogens is 3. The summed E-state index contributed by atoms with van der Waals surface area (Å²) < 4.78 is 65.9. The molecule has 14 nitrogen and oxygen atoms in total. The maximum atomic E-state index is 14.6. The number of rotatable bonds is 13.